The Kier molecular flexibility index (Phi) is 5.81. The number of hydrogen-bond acceptors (Lipinski definition) is 5. The lowest BCUT2D eigenvalue weighted by atomic mass is 10.1. The van der Waals surface area contributed by atoms with Gasteiger partial charge in [-0.3, -0.25) is 9.67 Å². The van der Waals surface area contributed by atoms with E-state index >= 15 is 0 Å². The number of aromatic nitrogens is 4. The number of nitrogens with one attached hydrogen (secondary N) is 2. The van der Waals surface area contributed by atoms with E-state index in [2.05, 4.69) is 35.6 Å². The molecule has 0 saturated carbocycles. The third kappa shape index (κ3) is 4.91. The third-order valence-electron chi connectivity index (χ3n) is 4.22. The molecule has 2 aromatic heterocycles. The van der Waals surface area contributed by atoms with E-state index in [1.54, 1.807) is 19.4 Å². The van der Waals surface area contributed by atoms with E-state index < -0.39 is 0 Å². The molecule has 0 radical (unpaired) electrons. The van der Waals surface area contributed by atoms with E-state index in [0.29, 0.717) is 6.04 Å². The van der Waals surface area contributed by atoms with Crippen molar-refractivity contribution in [3.63, 3.8) is 0 Å². The number of guanidine groups is 1. The van der Waals surface area contributed by atoms with E-state index in [9.17, 15) is 0 Å². The molecule has 0 aliphatic carbocycles. The fraction of sp³-hybridized carbons (Fsp3) is 0.529. The van der Waals surface area contributed by atoms with E-state index in [0.717, 1.165) is 50.9 Å². The Bertz CT molecular complexity index is 681. The molecule has 8 nitrogen and oxygen atoms in total. The summed E-state index contributed by atoms with van der Waals surface area (Å²) in [5.74, 6) is 1.62. The van der Waals surface area contributed by atoms with Crippen LogP contribution in [0.15, 0.2) is 35.8 Å². The second-order valence-corrected chi connectivity index (χ2v) is 6.26. The highest BCUT2D eigenvalue weighted by Crippen LogP contribution is 2.15. The molecular formula is C17H26N8. The van der Waals surface area contributed by atoms with Gasteiger partial charge < -0.3 is 15.5 Å². The zero-order valence-corrected chi connectivity index (χ0v) is 14.9. The van der Waals surface area contributed by atoms with Crippen molar-refractivity contribution in [3.8, 4) is 0 Å². The zero-order chi connectivity index (χ0) is 17.5. The van der Waals surface area contributed by atoms with E-state index in [1.807, 2.05) is 30.1 Å². The fourth-order valence-corrected chi connectivity index (χ4v) is 3.00. The first-order valence-electron chi connectivity index (χ1n) is 8.73. The molecule has 3 heterocycles. The highest BCUT2D eigenvalue weighted by molar-refractivity contribution is 5.80. The molecule has 3 rings (SSSR count). The maximum Gasteiger partial charge on any atom is 0.225 e. The summed E-state index contributed by atoms with van der Waals surface area (Å²) in [5, 5.41) is 11.2. The van der Waals surface area contributed by atoms with Crippen LogP contribution in [0.25, 0.3) is 0 Å². The Labute approximate surface area is 148 Å². The lowest BCUT2D eigenvalue weighted by molar-refractivity contribution is 0.462. The van der Waals surface area contributed by atoms with Crippen molar-refractivity contribution in [1.29, 1.82) is 0 Å². The summed E-state index contributed by atoms with van der Waals surface area (Å²) in [7, 11) is 1.80. The smallest absolute Gasteiger partial charge is 0.225 e. The van der Waals surface area contributed by atoms with Gasteiger partial charge in [-0.1, -0.05) is 0 Å². The Morgan fingerprint density at radius 3 is 2.92 bits per heavy atom. The number of anilines is 1. The molecule has 1 aliphatic heterocycles. The van der Waals surface area contributed by atoms with Gasteiger partial charge in [0, 0.05) is 51.3 Å². The molecule has 1 aliphatic rings. The van der Waals surface area contributed by atoms with E-state index in [4.69, 9.17) is 0 Å². The molecule has 2 N–H and O–H groups in total. The highest BCUT2D eigenvalue weighted by Gasteiger charge is 2.22. The van der Waals surface area contributed by atoms with Crippen LogP contribution >= 0.6 is 0 Å². The number of piperidine rings is 1. The van der Waals surface area contributed by atoms with Crippen LogP contribution in [0.1, 0.15) is 18.4 Å². The Morgan fingerprint density at radius 2 is 2.20 bits per heavy atom. The highest BCUT2D eigenvalue weighted by atomic mass is 15.3. The van der Waals surface area contributed by atoms with Crippen LogP contribution in [0.4, 0.5) is 5.95 Å². The minimum atomic E-state index is 0.329. The SMILES string of the molecule is CN=C(NCCn1cc(C)cn1)NC1CCCN(c2ncccn2)C1. The van der Waals surface area contributed by atoms with Crippen LogP contribution in [0.3, 0.4) is 0 Å². The van der Waals surface area contributed by atoms with Gasteiger partial charge in [-0.2, -0.15) is 5.10 Å². The maximum absolute atomic E-state index is 4.35. The standard InChI is InChI=1S/C17H26N8/c1-14-11-22-25(12-14)10-8-19-16(18-2)23-15-5-3-9-24(13-15)17-20-6-4-7-21-17/h4,6-7,11-12,15H,3,5,8-10,13H2,1-2H3,(H2,18,19,23). The van der Waals surface area contributed by atoms with Gasteiger partial charge in [-0.25, -0.2) is 9.97 Å². The van der Waals surface area contributed by atoms with Crippen molar-refractivity contribution < 1.29 is 0 Å². The second-order valence-electron chi connectivity index (χ2n) is 6.26. The zero-order valence-electron chi connectivity index (χ0n) is 14.9. The van der Waals surface area contributed by atoms with E-state index in [1.165, 1.54) is 5.56 Å². The van der Waals surface area contributed by atoms with Crippen LogP contribution < -0.4 is 15.5 Å². The van der Waals surface area contributed by atoms with Gasteiger partial charge in [-0.15, -0.1) is 0 Å². The molecule has 2 aromatic rings. The molecule has 0 aromatic carbocycles. The minimum Gasteiger partial charge on any atom is -0.355 e. The lowest BCUT2D eigenvalue weighted by Gasteiger charge is -2.33. The largest absolute Gasteiger partial charge is 0.355 e. The minimum absolute atomic E-state index is 0.329. The molecule has 1 unspecified atom stereocenters. The molecule has 25 heavy (non-hydrogen) atoms. The van der Waals surface area contributed by atoms with Crippen molar-refractivity contribution in [3.05, 3.63) is 36.4 Å². The van der Waals surface area contributed by atoms with Crippen LogP contribution in [0.5, 0.6) is 0 Å². The van der Waals surface area contributed by atoms with Gasteiger partial charge in [-0.05, 0) is 31.4 Å². The monoisotopic (exact) mass is 342 g/mol. The van der Waals surface area contributed by atoms with Crippen LogP contribution in [0.2, 0.25) is 0 Å². The first-order chi connectivity index (χ1) is 12.2. The Hall–Kier alpha value is -2.64. The van der Waals surface area contributed by atoms with Crippen molar-refractivity contribution in [2.75, 3.05) is 31.6 Å². The molecule has 0 amide bonds. The fourth-order valence-electron chi connectivity index (χ4n) is 3.00. The molecule has 0 spiro atoms. The van der Waals surface area contributed by atoms with Gasteiger partial charge in [0.1, 0.15) is 0 Å². The number of aliphatic imine (C=N–C) groups is 1. The quantitative estimate of drug-likeness (QED) is 0.618. The first kappa shape index (κ1) is 17.2. The predicted octanol–water partition coefficient (Wildman–Crippen LogP) is 0.816. The normalized spacial score (nSPS) is 18.2. The molecule has 1 saturated heterocycles. The Morgan fingerprint density at radius 1 is 1.36 bits per heavy atom. The Balaban J connectivity index is 1.47. The summed E-state index contributed by atoms with van der Waals surface area (Å²) >= 11 is 0. The van der Waals surface area contributed by atoms with Gasteiger partial charge in [0.15, 0.2) is 5.96 Å². The number of nitrogens with zero attached hydrogens (tertiary/aromatic N) is 6. The summed E-state index contributed by atoms with van der Waals surface area (Å²) in [4.78, 5) is 15.3. The number of aryl methyl sites for hydroxylation is 1. The summed E-state index contributed by atoms with van der Waals surface area (Å²) in [6, 6.07) is 2.17. The average Bonchev–Trinajstić information content (AvgIpc) is 3.07. The summed E-state index contributed by atoms with van der Waals surface area (Å²) in [6.07, 6.45) is 9.71. The van der Waals surface area contributed by atoms with Crippen molar-refractivity contribution in [2.45, 2.75) is 32.4 Å². The van der Waals surface area contributed by atoms with Gasteiger partial charge in [0.05, 0.1) is 12.7 Å². The van der Waals surface area contributed by atoms with Crippen molar-refractivity contribution in [2.24, 2.45) is 4.99 Å². The topological polar surface area (TPSA) is 83.3 Å². The molecule has 0 bridgehead atoms. The molecule has 8 heteroatoms. The summed E-state index contributed by atoms with van der Waals surface area (Å²) in [6.45, 7) is 5.50. The van der Waals surface area contributed by atoms with Gasteiger partial charge in [0.25, 0.3) is 0 Å². The number of hydrogen-bond donors (Lipinski definition) is 2. The molecule has 134 valence electrons. The van der Waals surface area contributed by atoms with Crippen LogP contribution in [-0.2, 0) is 6.54 Å². The molecular weight excluding hydrogens is 316 g/mol. The summed E-state index contributed by atoms with van der Waals surface area (Å²) < 4.78 is 1.94. The predicted molar refractivity (Wildman–Crippen MR) is 98.7 cm³/mol. The molecule has 1 atom stereocenters. The average molecular weight is 342 g/mol. The molecule has 1 fully saturated rings. The first-order valence-corrected chi connectivity index (χ1v) is 8.73. The van der Waals surface area contributed by atoms with E-state index in [-0.39, 0.29) is 0 Å². The van der Waals surface area contributed by atoms with Gasteiger partial charge >= 0.3 is 0 Å². The maximum atomic E-state index is 4.35. The van der Waals surface area contributed by atoms with Crippen LogP contribution in [-0.4, -0.2) is 58.4 Å². The summed E-state index contributed by atoms with van der Waals surface area (Å²) in [5.41, 5.74) is 1.17. The lowest BCUT2D eigenvalue weighted by Crippen LogP contribution is -2.51. The second kappa shape index (κ2) is 8.46. The van der Waals surface area contributed by atoms with Crippen molar-refractivity contribution in [1.82, 2.24) is 30.4 Å². The van der Waals surface area contributed by atoms with Gasteiger partial charge in [0.2, 0.25) is 5.95 Å². The van der Waals surface area contributed by atoms with Crippen molar-refractivity contribution >= 4 is 11.9 Å². The number of rotatable bonds is 5. The third-order valence-corrected chi connectivity index (χ3v) is 4.22. The van der Waals surface area contributed by atoms with Crippen LogP contribution in [0, 0.1) is 6.92 Å².